The number of hydrogen-bond donors (Lipinski definition) is 1. The van der Waals surface area contributed by atoms with Crippen LogP contribution in [0.3, 0.4) is 0 Å². The molecule has 1 fully saturated rings. The van der Waals surface area contributed by atoms with Crippen LogP contribution in [0.5, 0.6) is 0 Å². The molecule has 1 aromatic carbocycles. The molecule has 1 aliphatic carbocycles. The van der Waals surface area contributed by atoms with E-state index in [1.165, 1.54) is 12.8 Å². The topological polar surface area (TPSA) is 64.2 Å². The van der Waals surface area contributed by atoms with E-state index in [4.69, 9.17) is 17.3 Å². The van der Waals surface area contributed by atoms with Crippen molar-refractivity contribution in [3.63, 3.8) is 0 Å². The van der Waals surface area contributed by atoms with Crippen molar-refractivity contribution >= 4 is 17.5 Å². The number of carbonyl (C=O) groups is 1. The van der Waals surface area contributed by atoms with Crippen LogP contribution in [0.1, 0.15) is 35.2 Å². The molecule has 1 atom stereocenters. The molecule has 126 valence electrons. The fraction of sp³-hybridized carbons (Fsp3) is 0.444. The maximum atomic E-state index is 12.8. The third-order valence-electron chi connectivity index (χ3n) is 5.12. The van der Waals surface area contributed by atoms with Gasteiger partial charge in [0, 0.05) is 37.3 Å². The monoisotopic (exact) mass is 344 g/mol. The van der Waals surface area contributed by atoms with Crippen molar-refractivity contribution in [2.45, 2.75) is 31.8 Å². The highest BCUT2D eigenvalue weighted by Crippen LogP contribution is 2.37. The number of aromatic nitrogens is 2. The highest BCUT2D eigenvalue weighted by Gasteiger charge is 2.35. The van der Waals surface area contributed by atoms with Crippen molar-refractivity contribution < 1.29 is 4.79 Å². The second-order valence-electron chi connectivity index (χ2n) is 6.84. The Bertz CT molecular complexity index is 777. The standard InChI is InChI=1S/C18H21ClN4O/c1-22-17(16(19)9-21-22)12-4-5-15-13(7-12)10-23(18(15)24)14(8-20)6-11-2-3-11/h4-5,7,9,11,14H,2-3,6,8,10,20H2,1H3/t14-/m0/s1. The summed E-state index contributed by atoms with van der Waals surface area (Å²) in [7, 11) is 1.87. The first-order chi connectivity index (χ1) is 11.6. The van der Waals surface area contributed by atoms with Crippen LogP contribution < -0.4 is 5.73 Å². The van der Waals surface area contributed by atoms with Crippen LogP contribution in [0, 0.1) is 5.92 Å². The van der Waals surface area contributed by atoms with Gasteiger partial charge >= 0.3 is 0 Å². The van der Waals surface area contributed by atoms with Crippen LogP contribution in [-0.2, 0) is 13.6 Å². The molecule has 0 spiro atoms. The van der Waals surface area contributed by atoms with Crippen molar-refractivity contribution in [3.8, 4) is 11.3 Å². The van der Waals surface area contributed by atoms with Crippen LogP contribution in [-0.4, -0.2) is 33.2 Å². The number of nitrogens with two attached hydrogens (primary N) is 1. The van der Waals surface area contributed by atoms with Crippen LogP contribution in [0.4, 0.5) is 0 Å². The van der Waals surface area contributed by atoms with Crippen molar-refractivity contribution in [1.82, 2.24) is 14.7 Å². The quantitative estimate of drug-likeness (QED) is 0.907. The van der Waals surface area contributed by atoms with E-state index in [-0.39, 0.29) is 11.9 Å². The molecule has 6 heteroatoms. The summed E-state index contributed by atoms with van der Waals surface area (Å²) >= 11 is 6.25. The molecule has 0 radical (unpaired) electrons. The van der Waals surface area contributed by atoms with Gasteiger partial charge < -0.3 is 10.6 Å². The molecule has 2 aliphatic rings. The number of aryl methyl sites for hydroxylation is 1. The smallest absolute Gasteiger partial charge is 0.254 e. The van der Waals surface area contributed by atoms with Gasteiger partial charge in [-0.3, -0.25) is 9.48 Å². The summed E-state index contributed by atoms with van der Waals surface area (Å²) in [5.74, 6) is 0.850. The lowest BCUT2D eigenvalue weighted by Crippen LogP contribution is -2.41. The third kappa shape index (κ3) is 2.62. The van der Waals surface area contributed by atoms with Gasteiger partial charge in [0.25, 0.3) is 5.91 Å². The lowest BCUT2D eigenvalue weighted by molar-refractivity contribution is 0.0695. The highest BCUT2D eigenvalue weighted by molar-refractivity contribution is 6.33. The molecule has 1 aliphatic heterocycles. The molecular formula is C18H21ClN4O. The first-order valence-corrected chi connectivity index (χ1v) is 8.78. The van der Waals surface area contributed by atoms with Crippen molar-refractivity contribution in [2.24, 2.45) is 18.7 Å². The average molecular weight is 345 g/mol. The Labute approximate surface area is 146 Å². The molecule has 0 saturated heterocycles. The zero-order chi connectivity index (χ0) is 16.8. The summed E-state index contributed by atoms with van der Waals surface area (Å²) < 4.78 is 1.76. The lowest BCUT2D eigenvalue weighted by Gasteiger charge is -2.26. The minimum absolute atomic E-state index is 0.101. The summed E-state index contributed by atoms with van der Waals surface area (Å²) in [6, 6.07) is 6.05. The molecule has 1 amide bonds. The number of rotatable bonds is 5. The van der Waals surface area contributed by atoms with Gasteiger partial charge in [0.15, 0.2) is 0 Å². The minimum atomic E-state index is 0.101. The molecule has 0 unspecified atom stereocenters. The maximum absolute atomic E-state index is 12.8. The predicted octanol–water partition coefficient (Wildman–Crippen LogP) is 2.82. The molecule has 4 rings (SSSR count). The summed E-state index contributed by atoms with van der Waals surface area (Å²) in [5, 5.41) is 4.81. The first kappa shape index (κ1) is 15.7. The Balaban J connectivity index is 1.63. The van der Waals surface area contributed by atoms with E-state index in [9.17, 15) is 4.79 Å². The van der Waals surface area contributed by atoms with Crippen LogP contribution in [0.25, 0.3) is 11.3 Å². The summed E-state index contributed by atoms with van der Waals surface area (Å²) in [5.41, 5.74) is 9.64. The number of benzene rings is 1. The molecule has 1 aromatic heterocycles. The zero-order valence-corrected chi connectivity index (χ0v) is 14.5. The molecule has 5 nitrogen and oxygen atoms in total. The Hall–Kier alpha value is -1.85. The summed E-state index contributed by atoms with van der Waals surface area (Å²) in [4.78, 5) is 14.7. The largest absolute Gasteiger partial charge is 0.330 e. The van der Waals surface area contributed by atoms with Crippen LogP contribution >= 0.6 is 11.6 Å². The van der Waals surface area contributed by atoms with Gasteiger partial charge in [-0.1, -0.05) is 30.5 Å². The van der Waals surface area contributed by atoms with Gasteiger partial charge in [-0.05, 0) is 30.0 Å². The second kappa shape index (κ2) is 5.90. The lowest BCUT2D eigenvalue weighted by atomic mass is 10.0. The number of halogens is 1. The molecule has 1 saturated carbocycles. The molecule has 0 bridgehead atoms. The van der Waals surface area contributed by atoms with Gasteiger partial charge in [-0.25, -0.2) is 0 Å². The van der Waals surface area contributed by atoms with Crippen LogP contribution in [0.15, 0.2) is 24.4 Å². The number of hydrogen-bond acceptors (Lipinski definition) is 3. The van der Waals surface area contributed by atoms with Gasteiger partial charge in [0.1, 0.15) is 0 Å². The third-order valence-corrected chi connectivity index (χ3v) is 5.40. The second-order valence-corrected chi connectivity index (χ2v) is 7.25. The Morgan fingerprint density at radius 2 is 2.21 bits per heavy atom. The Kier molecular flexibility index (Phi) is 3.85. The first-order valence-electron chi connectivity index (χ1n) is 8.40. The van der Waals surface area contributed by atoms with Crippen LogP contribution in [0.2, 0.25) is 5.02 Å². The number of nitrogens with zero attached hydrogens (tertiary/aromatic N) is 3. The normalized spacial score (nSPS) is 18.1. The molecule has 2 N–H and O–H groups in total. The van der Waals surface area contributed by atoms with E-state index in [1.54, 1.807) is 10.9 Å². The van der Waals surface area contributed by atoms with Crippen molar-refractivity contribution in [2.75, 3.05) is 6.54 Å². The van der Waals surface area contributed by atoms with Gasteiger partial charge in [-0.2, -0.15) is 5.10 Å². The van der Waals surface area contributed by atoms with Crippen molar-refractivity contribution in [1.29, 1.82) is 0 Å². The highest BCUT2D eigenvalue weighted by atomic mass is 35.5. The summed E-state index contributed by atoms with van der Waals surface area (Å²) in [6.45, 7) is 1.16. The van der Waals surface area contributed by atoms with E-state index in [1.807, 2.05) is 24.1 Å². The molecule has 24 heavy (non-hydrogen) atoms. The number of fused-ring (bicyclic) bond motifs is 1. The maximum Gasteiger partial charge on any atom is 0.254 e. The van der Waals surface area contributed by atoms with Gasteiger partial charge in [-0.15, -0.1) is 0 Å². The molecule has 2 aromatic rings. The minimum Gasteiger partial charge on any atom is -0.330 e. The average Bonchev–Trinajstić information content (AvgIpc) is 3.26. The van der Waals surface area contributed by atoms with E-state index >= 15 is 0 Å². The van der Waals surface area contributed by atoms with Gasteiger partial charge in [0.2, 0.25) is 0 Å². The zero-order valence-electron chi connectivity index (χ0n) is 13.7. The summed E-state index contributed by atoms with van der Waals surface area (Å²) in [6.07, 6.45) is 5.21. The molecular weight excluding hydrogens is 324 g/mol. The number of amides is 1. The van der Waals surface area contributed by atoms with E-state index in [0.29, 0.717) is 18.1 Å². The van der Waals surface area contributed by atoms with Crippen molar-refractivity contribution in [3.05, 3.63) is 40.5 Å². The van der Waals surface area contributed by atoms with E-state index in [2.05, 4.69) is 11.2 Å². The SMILES string of the molecule is Cn1ncc(Cl)c1-c1ccc2c(c1)CN([C@H](CN)CC1CC1)C2=O. The Morgan fingerprint density at radius 1 is 1.42 bits per heavy atom. The number of carbonyl (C=O) groups excluding carboxylic acids is 1. The van der Waals surface area contributed by atoms with E-state index in [0.717, 1.165) is 34.7 Å². The van der Waals surface area contributed by atoms with E-state index < -0.39 is 0 Å². The van der Waals surface area contributed by atoms with Gasteiger partial charge in [0.05, 0.1) is 16.9 Å². The Morgan fingerprint density at radius 3 is 2.83 bits per heavy atom. The molecule has 2 heterocycles. The fourth-order valence-electron chi connectivity index (χ4n) is 3.61. The fourth-order valence-corrected chi connectivity index (χ4v) is 3.88. The predicted molar refractivity (Wildman–Crippen MR) is 93.7 cm³/mol.